The minimum atomic E-state index is -0.220. The van der Waals surface area contributed by atoms with E-state index < -0.39 is 0 Å². The lowest BCUT2D eigenvalue weighted by molar-refractivity contribution is -0.148. The van der Waals surface area contributed by atoms with Gasteiger partial charge in [-0.25, -0.2) is 9.97 Å². The molecule has 9 heteroatoms. The third-order valence-corrected chi connectivity index (χ3v) is 5.72. The van der Waals surface area contributed by atoms with Gasteiger partial charge in [0.05, 0.1) is 24.4 Å². The van der Waals surface area contributed by atoms with Gasteiger partial charge in [-0.3, -0.25) is 9.78 Å². The molecule has 0 unspecified atom stereocenters. The summed E-state index contributed by atoms with van der Waals surface area (Å²) >= 11 is 0. The van der Waals surface area contributed by atoms with Gasteiger partial charge in [-0.2, -0.15) is 0 Å². The Morgan fingerprint density at radius 3 is 2.69 bits per heavy atom. The molecule has 0 bridgehead atoms. The molecular weight excluding hydrogens is 410 g/mol. The first-order valence-electron chi connectivity index (χ1n) is 10.7. The van der Waals surface area contributed by atoms with E-state index in [2.05, 4.69) is 39.1 Å². The molecule has 2 aromatic heterocycles. The number of pyridine rings is 1. The van der Waals surface area contributed by atoms with Gasteiger partial charge >= 0.3 is 0 Å². The number of morpholine rings is 2. The summed E-state index contributed by atoms with van der Waals surface area (Å²) in [5.41, 5.74) is 4.21. The quantitative estimate of drug-likeness (QED) is 0.599. The van der Waals surface area contributed by atoms with Crippen LogP contribution in [0.4, 0.5) is 5.69 Å². The number of likely N-dealkylation sites (N-methyl/N-ethyl adjacent to an activating group) is 1. The molecule has 2 aliphatic rings. The van der Waals surface area contributed by atoms with Gasteiger partial charge in [-0.1, -0.05) is 12.1 Å². The summed E-state index contributed by atoms with van der Waals surface area (Å²) in [7, 11) is 1.76. The minimum absolute atomic E-state index is 0.0294. The average molecular weight is 435 g/mol. The molecule has 0 spiro atoms. The van der Waals surface area contributed by atoms with Crippen molar-refractivity contribution in [2.45, 2.75) is 6.10 Å². The third-order valence-electron chi connectivity index (χ3n) is 5.72. The summed E-state index contributed by atoms with van der Waals surface area (Å²) in [6, 6.07) is 10.2. The fraction of sp³-hybridized carbons (Fsp3) is 0.391. The van der Waals surface area contributed by atoms with Crippen molar-refractivity contribution >= 4 is 22.6 Å². The van der Waals surface area contributed by atoms with Gasteiger partial charge in [0.15, 0.2) is 5.52 Å². The number of nitrogens with zero attached hydrogens (tertiary/aromatic N) is 5. The van der Waals surface area contributed by atoms with Crippen molar-refractivity contribution in [3.63, 3.8) is 0 Å². The summed E-state index contributed by atoms with van der Waals surface area (Å²) in [5, 5.41) is 0. The van der Waals surface area contributed by atoms with Crippen LogP contribution in [0.25, 0.3) is 22.3 Å². The standard InChI is InChI=1S/C23H25N5O4/c1-27-13-18(31-15-21(27)29)14-32-23-22-20(24-6-7-25-22)12-19(26-23)16-2-4-17(5-3-16)28-8-10-30-11-9-28/h2-7,12,18H,8-11,13-15H2,1H3/t18-/m0/s1. The zero-order chi connectivity index (χ0) is 21.9. The molecule has 9 nitrogen and oxygen atoms in total. The molecule has 0 radical (unpaired) electrons. The Kier molecular flexibility index (Phi) is 5.83. The highest BCUT2D eigenvalue weighted by Crippen LogP contribution is 2.28. The lowest BCUT2D eigenvalue weighted by Crippen LogP contribution is -2.46. The van der Waals surface area contributed by atoms with Crippen LogP contribution in [-0.2, 0) is 14.3 Å². The highest BCUT2D eigenvalue weighted by atomic mass is 16.5. The molecule has 2 saturated heterocycles. The predicted molar refractivity (Wildman–Crippen MR) is 119 cm³/mol. The SMILES string of the molecule is CN1C[C@@H](COc2nc(-c3ccc(N4CCOCC4)cc3)cc3nccnc23)OCC1=O. The van der Waals surface area contributed by atoms with Crippen molar-refractivity contribution in [2.24, 2.45) is 0 Å². The highest BCUT2D eigenvalue weighted by molar-refractivity contribution is 5.83. The van der Waals surface area contributed by atoms with Crippen LogP contribution in [0.1, 0.15) is 0 Å². The lowest BCUT2D eigenvalue weighted by Gasteiger charge is -2.29. The Morgan fingerprint density at radius 1 is 1.12 bits per heavy atom. The lowest BCUT2D eigenvalue weighted by atomic mass is 10.1. The van der Waals surface area contributed by atoms with Gasteiger partial charge < -0.3 is 24.0 Å². The van der Waals surface area contributed by atoms with Gasteiger partial charge in [0, 0.05) is 50.3 Å². The molecule has 0 saturated carbocycles. The Bertz CT molecular complexity index is 1100. The molecule has 0 aliphatic carbocycles. The van der Waals surface area contributed by atoms with Crippen LogP contribution in [0, 0.1) is 0 Å². The molecule has 5 rings (SSSR count). The molecule has 3 aromatic rings. The zero-order valence-electron chi connectivity index (χ0n) is 17.9. The normalized spacial score (nSPS) is 19.4. The Morgan fingerprint density at radius 2 is 1.91 bits per heavy atom. The average Bonchev–Trinajstić information content (AvgIpc) is 2.85. The first-order chi connectivity index (χ1) is 15.7. The minimum Gasteiger partial charge on any atom is -0.473 e. The monoisotopic (exact) mass is 435 g/mol. The van der Waals surface area contributed by atoms with Gasteiger partial charge in [-0.15, -0.1) is 0 Å². The molecular formula is C23H25N5O4. The van der Waals surface area contributed by atoms with Gasteiger partial charge in [0.1, 0.15) is 19.3 Å². The van der Waals surface area contributed by atoms with E-state index in [1.165, 1.54) is 5.69 Å². The molecule has 4 heterocycles. The van der Waals surface area contributed by atoms with Gasteiger partial charge in [-0.05, 0) is 18.2 Å². The van der Waals surface area contributed by atoms with Crippen molar-refractivity contribution in [1.82, 2.24) is 19.9 Å². The summed E-state index contributed by atoms with van der Waals surface area (Å²) in [4.78, 5) is 29.2. The van der Waals surface area contributed by atoms with Crippen LogP contribution in [0.5, 0.6) is 5.88 Å². The number of aromatic nitrogens is 3. The maximum Gasteiger partial charge on any atom is 0.248 e. The van der Waals surface area contributed by atoms with E-state index in [0.717, 1.165) is 37.6 Å². The van der Waals surface area contributed by atoms with Crippen molar-refractivity contribution in [3.8, 4) is 17.1 Å². The summed E-state index contributed by atoms with van der Waals surface area (Å²) in [5.74, 6) is 0.379. The van der Waals surface area contributed by atoms with Crippen LogP contribution in [0.15, 0.2) is 42.7 Å². The predicted octanol–water partition coefficient (Wildman–Crippen LogP) is 1.76. The van der Waals surface area contributed by atoms with E-state index in [1.54, 1.807) is 24.3 Å². The maximum atomic E-state index is 11.6. The molecule has 0 N–H and O–H groups in total. The first-order valence-corrected chi connectivity index (χ1v) is 10.7. The van der Waals surface area contributed by atoms with Gasteiger partial charge in [0.2, 0.25) is 11.8 Å². The maximum absolute atomic E-state index is 11.6. The van der Waals surface area contributed by atoms with E-state index in [1.807, 2.05) is 6.07 Å². The molecule has 2 fully saturated rings. The fourth-order valence-electron chi connectivity index (χ4n) is 3.89. The molecule has 1 amide bonds. The Labute approximate surface area is 185 Å². The second-order valence-electron chi connectivity index (χ2n) is 7.90. The molecule has 2 aliphatic heterocycles. The van der Waals surface area contributed by atoms with Crippen LogP contribution in [-0.4, -0.2) is 85.0 Å². The number of fused-ring (bicyclic) bond motifs is 1. The van der Waals surface area contributed by atoms with Crippen LogP contribution < -0.4 is 9.64 Å². The van der Waals surface area contributed by atoms with Gasteiger partial charge in [0.25, 0.3) is 0 Å². The van der Waals surface area contributed by atoms with E-state index in [0.29, 0.717) is 23.5 Å². The van der Waals surface area contributed by atoms with Crippen LogP contribution >= 0.6 is 0 Å². The van der Waals surface area contributed by atoms with Crippen LogP contribution in [0.2, 0.25) is 0 Å². The van der Waals surface area contributed by atoms with Crippen molar-refractivity contribution < 1.29 is 19.0 Å². The number of benzene rings is 1. The summed E-state index contributed by atoms with van der Waals surface area (Å²) in [6.07, 6.45) is 3.06. The number of carbonyl (C=O) groups is 1. The van der Waals surface area contributed by atoms with E-state index in [9.17, 15) is 4.79 Å². The van der Waals surface area contributed by atoms with E-state index in [4.69, 9.17) is 19.2 Å². The Balaban J connectivity index is 1.38. The van der Waals surface area contributed by atoms with Crippen molar-refractivity contribution in [1.29, 1.82) is 0 Å². The number of rotatable bonds is 5. The first kappa shape index (κ1) is 20.6. The smallest absolute Gasteiger partial charge is 0.248 e. The number of hydrogen-bond acceptors (Lipinski definition) is 8. The molecule has 1 atom stereocenters. The molecule has 1 aromatic carbocycles. The third kappa shape index (κ3) is 4.35. The largest absolute Gasteiger partial charge is 0.473 e. The van der Waals surface area contributed by atoms with E-state index >= 15 is 0 Å². The number of hydrogen-bond donors (Lipinski definition) is 0. The van der Waals surface area contributed by atoms with Crippen molar-refractivity contribution in [3.05, 3.63) is 42.7 Å². The molecule has 166 valence electrons. The fourth-order valence-corrected chi connectivity index (χ4v) is 3.89. The number of carbonyl (C=O) groups excluding carboxylic acids is 1. The second-order valence-corrected chi connectivity index (χ2v) is 7.90. The van der Waals surface area contributed by atoms with Crippen molar-refractivity contribution in [2.75, 3.05) is 58.0 Å². The highest BCUT2D eigenvalue weighted by Gasteiger charge is 2.24. The van der Waals surface area contributed by atoms with E-state index in [-0.39, 0.29) is 25.2 Å². The summed E-state index contributed by atoms with van der Waals surface area (Å²) in [6.45, 7) is 4.11. The topological polar surface area (TPSA) is 89.9 Å². The van der Waals surface area contributed by atoms with Crippen LogP contribution in [0.3, 0.4) is 0 Å². The molecule has 32 heavy (non-hydrogen) atoms. The zero-order valence-corrected chi connectivity index (χ0v) is 17.9. The summed E-state index contributed by atoms with van der Waals surface area (Å²) < 4.78 is 17.1. The number of ether oxygens (including phenoxy) is 3. The number of amides is 1. The second kappa shape index (κ2) is 9.05. The Hall–Kier alpha value is -3.30. The number of anilines is 1.